The summed E-state index contributed by atoms with van der Waals surface area (Å²) in [7, 11) is 4.04. The summed E-state index contributed by atoms with van der Waals surface area (Å²) in [5.41, 5.74) is 5.72. The number of hydrogen-bond acceptors (Lipinski definition) is 5. The molecule has 0 saturated carbocycles. The number of amides is 1. The van der Waals surface area contributed by atoms with Crippen LogP contribution in [0, 0.1) is 6.92 Å². The number of morpholine rings is 1. The fourth-order valence-electron chi connectivity index (χ4n) is 3.66. The number of aryl methyl sites for hydroxylation is 1. The lowest BCUT2D eigenvalue weighted by Gasteiger charge is -2.27. The maximum absolute atomic E-state index is 12.9. The van der Waals surface area contributed by atoms with Crippen molar-refractivity contribution in [1.82, 2.24) is 4.98 Å². The number of hydrogen-bond donors (Lipinski definition) is 1. The van der Waals surface area contributed by atoms with Crippen molar-refractivity contribution in [3.63, 3.8) is 0 Å². The van der Waals surface area contributed by atoms with Crippen molar-refractivity contribution in [2.24, 2.45) is 0 Å². The number of aromatic nitrogens is 1. The lowest BCUT2D eigenvalue weighted by Crippen LogP contribution is -2.36. The van der Waals surface area contributed by atoms with E-state index in [-0.39, 0.29) is 5.91 Å². The Kier molecular flexibility index (Phi) is 6.18. The topological polar surface area (TPSA) is 57.7 Å². The van der Waals surface area contributed by atoms with Crippen LogP contribution in [0.5, 0.6) is 0 Å². The highest BCUT2D eigenvalue weighted by Gasteiger charge is 2.14. The molecule has 1 aromatic heterocycles. The van der Waals surface area contributed by atoms with Gasteiger partial charge < -0.3 is 19.9 Å². The Labute approximate surface area is 183 Å². The number of carbonyl (C=O) groups is 1. The SMILES string of the molecule is Cc1ccc(C(=O)Nc2ccc(N3CCOCC3)nc2)cc1-c1ccc(N(C)C)cc1. The first kappa shape index (κ1) is 20.9. The molecule has 31 heavy (non-hydrogen) atoms. The van der Waals surface area contributed by atoms with Crippen molar-refractivity contribution in [2.75, 3.05) is 55.5 Å². The van der Waals surface area contributed by atoms with Crippen LogP contribution in [0.1, 0.15) is 15.9 Å². The van der Waals surface area contributed by atoms with Crippen molar-refractivity contribution in [3.8, 4) is 11.1 Å². The fraction of sp³-hybridized carbons (Fsp3) is 0.280. The molecule has 0 unspecified atom stereocenters. The zero-order chi connectivity index (χ0) is 21.8. The minimum absolute atomic E-state index is 0.146. The van der Waals surface area contributed by atoms with Crippen LogP contribution in [-0.2, 0) is 4.74 Å². The average molecular weight is 417 g/mol. The summed E-state index contributed by atoms with van der Waals surface area (Å²) in [5, 5.41) is 2.96. The molecule has 2 heterocycles. The van der Waals surface area contributed by atoms with E-state index in [1.165, 1.54) is 0 Å². The Morgan fingerprint density at radius 1 is 1.03 bits per heavy atom. The molecule has 6 heteroatoms. The summed E-state index contributed by atoms with van der Waals surface area (Å²) in [6, 6.07) is 18.0. The number of rotatable bonds is 5. The van der Waals surface area contributed by atoms with Gasteiger partial charge in [-0.25, -0.2) is 4.98 Å². The van der Waals surface area contributed by atoms with Gasteiger partial charge in [0.15, 0.2) is 0 Å². The number of carbonyl (C=O) groups excluding carboxylic acids is 1. The standard InChI is InChI=1S/C25H28N4O2/c1-18-4-5-20(16-23(18)19-6-9-22(10-7-19)28(2)3)25(30)27-21-8-11-24(26-17-21)29-12-14-31-15-13-29/h4-11,16-17H,12-15H2,1-3H3,(H,27,30). The maximum atomic E-state index is 12.9. The number of nitrogens with one attached hydrogen (secondary N) is 1. The molecule has 0 spiro atoms. The zero-order valence-corrected chi connectivity index (χ0v) is 18.3. The third-order valence-corrected chi connectivity index (χ3v) is 5.54. The van der Waals surface area contributed by atoms with Crippen molar-refractivity contribution < 1.29 is 9.53 Å². The molecule has 2 aromatic carbocycles. The molecule has 1 amide bonds. The van der Waals surface area contributed by atoms with Crippen LogP contribution in [0.15, 0.2) is 60.8 Å². The van der Waals surface area contributed by atoms with Gasteiger partial charge in [0.2, 0.25) is 0 Å². The minimum Gasteiger partial charge on any atom is -0.378 e. The van der Waals surface area contributed by atoms with Crippen LogP contribution in [0.4, 0.5) is 17.2 Å². The van der Waals surface area contributed by atoms with Crippen molar-refractivity contribution in [2.45, 2.75) is 6.92 Å². The van der Waals surface area contributed by atoms with Gasteiger partial charge in [-0.2, -0.15) is 0 Å². The molecule has 1 fully saturated rings. The molecule has 1 aliphatic rings. The quantitative estimate of drug-likeness (QED) is 0.675. The third-order valence-electron chi connectivity index (χ3n) is 5.54. The molecular formula is C25H28N4O2. The summed E-state index contributed by atoms with van der Waals surface area (Å²) >= 11 is 0. The van der Waals surface area contributed by atoms with Gasteiger partial charge >= 0.3 is 0 Å². The minimum atomic E-state index is -0.146. The maximum Gasteiger partial charge on any atom is 0.255 e. The number of ether oxygens (including phenoxy) is 1. The largest absolute Gasteiger partial charge is 0.378 e. The van der Waals surface area contributed by atoms with Crippen molar-refractivity contribution >= 4 is 23.1 Å². The van der Waals surface area contributed by atoms with Crippen LogP contribution < -0.4 is 15.1 Å². The van der Waals surface area contributed by atoms with E-state index in [0.29, 0.717) is 24.5 Å². The van der Waals surface area contributed by atoms with Gasteiger partial charge in [0.05, 0.1) is 25.1 Å². The zero-order valence-electron chi connectivity index (χ0n) is 18.3. The summed E-state index contributed by atoms with van der Waals surface area (Å²) in [4.78, 5) is 21.6. The van der Waals surface area contributed by atoms with Gasteiger partial charge in [-0.05, 0) is 60.0 Å². The van der Waals surface area contributed by atoms with Crippen molar-refractivity contribution in [3.05, 3.63) is 71.9 Å². The summed E-state index contributed by atoms with van der Waals surface area (Å²) < 4.78 is 5.38. The van der Waals surface area contributed by atoms with E-state index in [1.807, 2.05) is 44.4 Å². The molecular weight excluding hydrogens is 388 g/mol. The summed E-state index contributed by atoms with van der Waals surface area (Å²) in [6.07, 6.45) is 1.71. The van der Waals surface area contributed by atoms with Gasteiger partial charge in [0, 0.05) is 38.4 Å². The Bertz CT molecular complexity index is 1040. The predicted molar refractivity (Wildman–Crippen MR) is 126 cm³/mol. The molecule has 4 rings (SSSR count). The Balaban J connectivity index is 1.49. The molecule has 0 aliphatic carbocycles. The highest BCUT2D eigenvalue weighted by molar-refractivity contribution is 6.05. The van der Waals surface area contributed by atoms with E-state index < -0.39 is 0 Å². The number of benzene rings is 2. The van der Waals surface area contributed by atoms with Crippen LogP contribution in [-0.4, -0.2) is 51.3 Å². The lowest BCUT2D eigenvalue weighted by atomic mass is 9.97. The molecule has 6 nitrogen and oxygen atoms in total. The lowest BCUT2D eigenvalue weighted by molar-refractivity contribution is 0.102. The second-order valence-corrected chi connectivity index (χ2v) is 7.93. The fourth-order valence-corrected chi connectivity index (χ4v) is 3.66. The van der Waals surface area contributed by atoms with Gasteiger partial charge in [0.25, 0.3) is 5.91 Å². The Hall–Kier alpha value is -3.38. The normalized spacial score (nSPS) is 13.7. The monoisotopic (exact) mass is 416 g/mol. The van der Waals surface area contributed by atoms with Gasteiger partial charge in [-0.1, -0.05) is 18.2 Å². The summed E-state index contributed by atoms with van der Waals surface area (Å²) in [6.45, 7) is 5.16. The molecule has 160 valence electrons. The van der Waals surface area contributed by atoms with E-state index in [9.17, 15) is 4.79 Å². The van der Waals surface area contributed by atoms with E-state index in [4.69, 9.17) is 4.74 Å². The molecule has 0 bridgehead atoms. The molecule has 3 aromatic rings. The molecule has 1 N–H and O–H groups in total. The number of pyridine rings is 1. The molecule has 1 saturated heterocycles. The smallest absolute Gasteiger partial charge is 0.255 e. The molecule has 1 aliphatic heterocycles. The van der Waals surface area contributed by atoms with Gasteiger partial charge in [-0.3, -0.25) is 4.79 Å². The second-order valence-electron chi connectivity index (χ2n) is 7.93. The number of nitrogens with zero attached hydrogens (tertiary/aromatic N) is 3. The highest BCUT2D eigenvalue weighted by atomic mass is 16.5. The number of anilines is 3. The van der Waals surface area contributed by atoms with Gasteiger partial charge in [-0.15, -0.1) is 0 Å². The van der Waals surface area contributed by atoms with Crippen LogP contribution in [0.25, 0.3) is 11.1 Å². The third kappa shape index (κ3) is 4.86. The second kappa shape index (κ2) is 9.18. The Morgan fingerprint density at radius 2 is 1.77 bits per heavy atom. The first-order valence-corrected chi connectivity index (χ1v) is 10.5. The average Bonchev–Trinajstić information content (AvgIpc) is 2.80. The predicted octanol–water partition coefficient (Wildman–Crippen LogP) is 4.21. The molecule has 0 radical (unpaired) electrons. The first-order valence-electron chi connectivity index (χ1n) is 10.5. The Morgan fingerprint density at radius 3 is 2.42 bits per heavy atom. The molecule has 0 atom stereocenters. The van der Waals surface area contributed by atoms with Crippen LogP contribution in [0.3, 0.4) is 0 Å². The van der Waals surface area contributed by atoms with E-state index >= 15 is 0 Å². The van der Waals surface area contributed by atoms with Crippen molar-refractivity contribution in [1.29, 1.82) is 0 Å². The van der Waals surface area contributed by atoms with Crippen LogP contribution >= 0.6 is 0 Å². The van der Waals surface area contributed by atoms with E-state index in [2.05, 4.69) is 51.3 Å². The van der Waals surface area contributed by atoms with E-state index in [0.717, 1.165) is 41.3 Å². The van der Waals surface area contributed by atoms with E-state index in [1.54, 1.807) is 6.20 Å². The summed E-state index contributed by atoms with van der Waals surface area (Å²) in [5.74, 6) is 0.757. The first-order chi connectivity index (χ1) is 15.0. The van der Waals surface area contributed by atoms with Crippen LogP contribution in [0.2, 0.25) is 0 Å². The van der Waals surface area contributed by atoms with Gasteiger partial charge in [0.1, 0.15) is 5.82 Å². The highest BCUT2D eigenvalue weighted by Crippen LogP contribution is 2.27.